The Morgan fingerprint density at radius 3 is 2.39 bits per heavy atom. The molecular weight excluding hydrogens is 364 g/mol. The first kappa shape index (κ1) is 19.5. The van der Waals surface area contributed by atoms with Gasteiger partial charge in [-0.3, -0.25) is 0 Å². The number of benzene rings is 2. The van der Waals surface area contributed by atoms with Crippen LogP contribution in [0.4, 0.5) is 0 Å². The molecule has 28 heavy (non-hydrogen) atoms. The molecule has 0 spiro atoms. The molecule has 1 fully saturated rings. The van der Waals surface area contributed by atoms with E-state index in [1.165, 1.54) is 74.6 Å². The summed E-state index contributed by atoms with van der Waals surface area (Å²) in [5.41, 5.74) is 6.10. The quantitative estimate of drug-likeness (QED) is 0.525. The van der Waals surface area contributed by atoms with Gasteiger partial charge in [0.25, 0.3) is 0 Å². The number of likely N-dealkylation sites (tertiary alicyclic amines) is 1. The van der Waals surface area contributed by atoms with Gasteiger partial charge in [0, 0.05) is 29.7 Å². The number of para-hydroxylation sites is 1. The van der Waals surface area contributed by atoms with Crippen LogP contribution in [-0.2, 0) is 13.0 Å². The Morgan fingerprint density at radius 1 is 0.821 bits per heavy atom. The topological polar surface area (TPSA) is 8.17 Å². The third-order valence-corrected chi connectivity index (χ3v) is 6.61. The maximum atomic E-state index is 2.73. The zero-order valence-corrected chi connectivity index (χ0v) is 17.5. The lowest BCUT2D eigenvalue weighted by molar-refractivity contribution is 0.209. The molecule has 0 radical (unpaired) electrons. The zero-order chi connectivity index (χ0) is 18.1. The van der Waals surface area contributed by atoms with Gasteiger partial charge in [-0.2, -0.15) is 0 Å². The van der Waals surface area contributed by atoms with Crippen LogP contribution in [0.15, 0.2) is 54.6 Å². The standard InChI is InChI=1S/C25H30N2.ClH/c1-3-10-20(11-4-1)18-27-23-14-6-5-13-22(23)25-21(12-9-15-24(25)27)19-26-16-7-2-8-17-26;/h1,3-6,10-11,13-14,21H,2,7-9,12,15-19H2;1H. The van der Waals surface area contributed by atoms with Crippen LogP contribution in [0.25, 0.3) is 10.9 Å². The molecule has 1 atom stereocenters. The van der Waals surface area contributed by atoms with Crippen molar-refractivity contribution < 1.29 is 0 Å². The van der Waals surface area contributed by atoms with Crippen LogP contribution in [0.5, 0.6) is 0 Å². The average molecular weight is 395 g/mol. The number of fused-ring (bicyclic) bond motifs is 3. The molecule has 0 bridgehead atoms. The molecule has 3 aromatic rings. The Hall–Kier alpha value is -1.77. The molecule has 0 amide bonds. The van der Waals surface area contributed by atoms with Gasteiger partial charge in [-0.05, 0) is 68.3 Å². The largest absolute Gasteiger partial charge is 0.340 e. The van der Waals surface area contributed by atoms with Gasteiger partial charge in [0.15, 0.2) is 0 Å². The van der Waals surface area contributed by atoms with E-state index < -0.39 is 0 Å². The highest BCUT2D eigenvalue weighted by Gasteiger charge is 2.29. The Morgan fingerprint density at radius 2 is 1.57 bits per heavy atom. The van der Waals surface area contributed by atoms with Crippen LogP contribution >= 0.6 is 12.4 Å². The van der Waals surface area contributed by atoms with Gasteiger partial charge in [0.1, 0.15) is 0 Å². The molecule has 2 nitrogen and oxygen atoms in total. The van der Waals surface area contributed by atoms with Crippen LogP contribution in [0.3, 0.4) is 0 Å². The second-order valence-electron chi connectivity index (χ2n) is 8.40. The molecule has 3 heteroatoms. The van der Waals surface area contributed by atoms with Crippen LogP contribution in [0.2, 0.25) is 0 Å². The van der Waals surface area contributed by atoms with Crippen molar-refractivity contribution in [2.24, 2.45) is 0 Å². The normalized spacial score (nSPS) is 19.9. The van der Waals surface area contributed by atoms with E-state index in [9.17, 15) is 0 Å². The number of hydrogen-bond acceptors (Lipinski definition) is 1. The summed E-state index contributed by atoms with van der Waals surface area (Å²) in [5, 5.41) is 1.50. The molecule has 0 N–H and O–H groups in total. The number of piperidine rings is 1. The lowest BCUT2D eigenvalue weighted by atomic mass is 9.84. The third-order valence-electron chi connectivity index (χ3n) is 6.61. The van der Waals surface area contributed by atoms with Gasteiger partial charge in [0.2, 0.25) is 0 Å². The van der Waals surface area contributed by atoms with Crippen molar-refractivity contribution in [3.63, 3.8) is 0 Å². The monoisotopic (exact) mass is 394 g/mol. The first-order chi connectivity index (χ1) is 13.4. The number of hydrogen-bond donors (Lipinski definition) is 0. The van der Waals surface area contributed by atoms with E-state index in [1.54, 1.807) is 11.3 Å². The third kappa shape index (κ3) is 3.73. The predicted octanol–water partition coefficient (Wildman–Crippen LogP) is 6.02. The van der Waals surface area contributed by atoms with Crippen molar-refractivity contribution in [1.82, 2.24) is 9.47 Å². The van der Waals surface area contributed by atoms with E-state index in [2.05, 4.69) is 64.1 Å². The summed E-state index contributed by atoms with van der Waals surface area (Å²) in [6, 6.07) is 20.1. The molecule has 1 aliphatic carbocycles. The van der Waals surface area contributed by atoms with Gasteiger partial charge < -0.3 is 9.47 Å². The minimum absolute atomic E-state index is 0. The SMILES string of the molecule is Cl.c1ccc(Cn2c3c(c4ccccc42)C(CN2CCCCC2)CCC3)cc1. The van der Waals surface area contributed by atoms with Crippen molar-refractivity contribution >= 4 is 23.3 Å². The highest BCUT2D eigenvalue weighted by Crippen LogP contribution is 2.40. The van der Waals surface area contributed by atoms with Crippen molar-refractivity contribution in [2.75, 3.05) is 19.6 Å². The minimum atomic E-state index is 0. The highest BCUT2D eigenvalue weighted by molar-refractivity contribution is 5.86. The van der Waals surface area contributed by atoms with Crippen molar-refractivity contribution in [3.05, 3.63) is 71.4 Å². The van der Waals surface area contributed by atoms with E-state index in [4.69, 9.17) is 0 Å². The molecular formula is C25H31ClN2. The summed E-state index contributed by atoms with van der Waals surface area (Å²) >= 11 is 0. The number of rotatable bonds is 4. The Labute approximate surface area is 175 Å². The molecule has 2 aliphatic rings. The van der Waals surface area contributed by atoms with Crippen LogP contribution in [0.1, 0.15) is 54.8 Å². The summed E-state index contributed by atoms with van der Waals surface area (Å²) in [6.07, 6.45) is 8.10. The van der Waals surface area contributed by atoms with Crippen LogP contribution in [-0.4, -0.2) is 29.1 Å². The van der Waals surface area contributed by atoms with Crippen molar-refractivity contribution in [1.29, 1.82) is 0 Å². The van der Waals surface area contributed by atoms with E-state index in [0.29, 0.717) is 5.92 Å². The summed E-state index contributed by atoms with van der Waals surface area (Å²) in [6.45, 7) is 4.85. The fraction of sp³-hybridized carbons (Fsp3) is 0.440. The second-order valence-corrected chi connectivity index (χ2v) is 8.40. The fourth-order valence-electron chi connectivity index (χ4n) is 5.35. The molecule has 0 saturated carbocycles. The van der Waals surface area contributed by atoms with Gasteiger partial charge in [0.05, 0.1) is 0 Å². The minimum Gasteiger partial charge on any atom is -0.340 e. The number of aromatic nitrogens is 1. The molecule has 1 saturated heterocycles. The number of halogens is 1. The Bertz CT molecular complexity index is 909. The number of nitrogens with zero attached hydrogens (tertiary/aromatic N) is 2. The van der Waals surface area contributed by atoms with Gasteiger partial charge in [-0.15, -0.1) is 12.4 Å². The fourth-order valence-corrected chi connectivity index (χ4v) is 5.35. The van der Waals surface area contributed by atoms with E-state index in [0.717, 1.165) is 6.54 Å². The van der Waals surface area contributed by atoms with E-state index in [1.807, 2.05) is 0 Å². The zero-order valence-electron chi connectivity index (χ0n) is 16.6. The Balaban J connectivity index is 0.00000192. The molecule has 1 aliphatic heterocycles. The molecule has 2 heterocycles. The molecule has 1 aromatic heterocycles. The first-order valence-electron chi connectivity index (χ1n) is 10.8. The lowest BCUT2D eigenvalue weighted by Crippen LogP contribution is -2.34. The van der Waals surface area contributed by atoms with Crippen LogP contribution < -0.4 is 0 Å². The second kappa shape index (κ2) is 8.71. The maximum absolute atomic E-state index is 2.73. The maximum Gasteiger partial charge on any atom is 0.0488 e. The molecule has 1 unspecified atom stereocenters. The summed E-state index contributed by atoms with van der Waals surface area (Å²) < 4.78 is 2.61. The highest BCUT2D eigenvalue weighted by atomic mass is 35.5. The Kier molecular flexibility index (Phi) is 6.08. The van der Waals surface area contributed by atoms with E-state index in [-0.39, 0.29) is 12.4 Å². The lowest BCUT2D eigenvalue weighted by Gasteiger charge is -2.33. The average Bonchev–Trinajstić information content (AvgIpc) is 3.05. The predicted molar refractivity (Wildman–Crippen MR) is 121 cm³/mol. The molecule has 2 aromatic carbocycles. The molecule has 5 rings (SSSR count). The van der Waals surface area contributed by atoms with Crippen molar-refractivity contribution in [2.45, 2.75) is 51.0 Å². The van der Waals surface area contributed by atoms with Crippen LogP contribution in [0, 0.1) is 0 Å². The molecule has 148 valence electrons. The summed E-state index contributed by atoms with van der Waals surface area (Å²) in [5.74, 6) is 0.703. The summed E-state index contributed by atoms with van der Waals surface area (Å²) in [4.78, 5) is 2.73. The van der Waals surface area contributed by atoms with E-state index >= 15 is 0 Å². The van der Waals surface area contributed by atoms with Gasteiger partial charge in [-0.1, -0.05) is 55.0 Å². The smallest absolute Gasteiger partial charge is 0.0488 e. The summed E-state index contributed by atoms with van der Waals surface area (Å²) in [7, 11) is 0. The first-order valence-corrected chi connectivity index (χ1v) is 10.8. The van der Waals surface area contributed by atoms with Crippen molar-refractivity contribution in [3.8, 4) is 0 Å². The van der Waals surface area contributed by atoms with Gasteiger partial charge in [-0.25, -0.2) is 0 Å². The van der Waals surface area contributed by atoms with Gasteiger partial charge >= 0.3 is 0 Å².